The number of anilines is 1. The number of imidazole rings is 1. The Morgan fingerprint density at radius 2 is 2.04 bits per heavy atom. The molecule has 0 bridgehead atoms. The van der Waals surface area contributed by atoms with E-state index in [1.807, 2.05) is 23.1 Å². The lowest BCUT2D eigenvalue weighted by molar-refractivity contribution is -0.118. The van der Waals surface area contributed by atoms with Crippen LogP contribution in [0, 0.1) is 5.82 Å². The maximum atomic E-state index is 13.2. The monoisotopic (exact) mass is 309 g/mol. The third kappa shape index (κ3) is 2.59. The minimum atomic E-state index is -0.322. The fourth-order valence-corrected chi connectivity index (χ4v) is 3.15. The van der Waals surface area contributed by atoms with Crippen LogP contribution in [0.5, 0.6) is 0 Å². The van der Waals surface area contributed by atoms with Crippen LogP contribution in [0.25, 0.3) is 5.65 Å². The van der Waals surface area contributed by atoms with Crippen LogP contribution in [0.4, 0.5) is 10.1 Å². The third-order valence-electron chi connectivity index (χ3n) is 4.21. The number of fused-ring (bicyclic) bond motifs is 2. The second kappa shape index (κ2) is 5.50. The molecule has 116 valence electrons. The lowest BCUT2D eigenvalue weighted by Crippen LogP contribution is -2.36. The van der Waals surface area contributed by atoms with Gasteiger partial charge in [-0.25, -0.2) is 9.37 Å². The molecule has 1 amide bonds. The Balaban J connectivity index is 1.60. The van der Waals surface area contributed by atoms with Crippen LogP contribution in [-0.2, 0) is 17.6 Å². The van der Waals surface area contributed by atoms with Gasteiger partial charge in [-0.05, 0) is 36.6 Å². The summed E-state index contributed by atoms with van der Waals surface area (Å²) < 4.78 is 14.9. The van der Waals surface area contributed by atoms with Crippen LogP contribution in [0.15, 0.2) is 48.8 Å². The molecule has 4 nitrogen and oxygen atoms in total. The number of aryl methyl sites for hydroxylation is 1. The van der Waals surface area contributed by atoms with E-state index < -0.39 is 0 Å². The van der Waals surface area contributed by atoms with Gasteiger partial charge in [-0.3, -0.25) is 4.79 Å². The van der Waals surface area contributed by atoms with Crippen molar-refractivity contribution < 1.29 is 9.18 Å². The summed E-state index contributed by atoms with van der Waals surface area (Å²) in [6.45, 7) is 0.734. The number of benzene rings is 1. The van der Waals surface area contributed by atoms with Crippen molar-refractivity contribution in [2.45, 2.75) is 19.3 Å². The summed E-state index contributed by atoms with van der Waals surface area (Å²) in [4.78, 5) is 18.9. The van der Waals surface area contributed by atoms with Crippen molar-refractivity contribution in [3.05, 3.63) is 65.9 Å². The van der Waals surface area contributed by atoms with Crippen molar-refractivity contribution in [2.75, 3.05) is 11.4 Å². The quantitative estimate of drug-likeness (QED) is 0.730. The Morgan fingerprint density at radius 1 is 1.17 bits per heavy atom. The second-order valence-electron chi connectivity index (χ2n) is 5.80. The number of rotatable bonds is 2. The van der Waals surface area contributed by atoms with Gasteiger partial charge in [-0.1, -0.05) is 18.2 Å². The number of hydrogen-bond acceptors (Lipinski definition) is 2. The normalized spacial score (nSPS) is 14.0. The van der Waals surface area contributed by atoms with E-state index in [9.17, 15) is 9.18 Å². The molecule has 0 aliphatic carbocycles. The standard InChI is InChI=1S/C18H16FN3O/c19-14-7-8-17-20-15(12-21(17)11-14)10-18(23)22-9-3-5-13-4-1-2-6-16(13)22/h1-2,4,6-8,11-12H,3,5,9-10H2. The number of carbonyl (C=O) groups is 1. The summed E-state index contributed by atoms with van der Waals surface area (Å²) in [7, 11) is 0. The Hall–Kier alpha value is -2.69. The van der Waals surface area contributed by atoms with Crippen molar-refractivity contribution in [2.24, 2.45) is 0 Å². The first-order valence-electron chi connectivity index (χ1n) is 7.72. The van der Waals surface area contributed by atoms with Crippen molar-refractivity contribution in [1.29, 1.82) is 0 Å². The van der Waals surface area contributed by atoms with Crippen molar-refractivity contribution in [3.63, 3.8) is 0 Å². The molecule has 3 aromatic rings. The Morgan fingerprint density at radius 3 is 2.96 bits per heavy atom. The maximum absolute atomic E-state index is 13.2. The molecule has 0 unspecified atom stereocenters. The molecule has 0 radical (unpaired) electrons. The van der Waals surface area contributed by atoms with E-state index in [1.54, 1.807) is 16.7 Å². The fraction of sp³-hybridized carbons (Fsp3) is 0.222. The van der Waals surface area contributed by atoms with Crippen LogP contribution in [0.1, 0.15) is 17.7 Å². The average Bonchev–Trinajstić information content (AvgIpc) is 2.95. The smallest absolute Gasteiger partial charge is 0.233 e. The molecule has 1 aliphatic heterocycles. The van der Waals surface area contributed by atoms with Crippen LogP contribution in [-0.4, -0.2) is 21.8 Å². The van der Waals surface area contributed by atoms with Gasteiger partial charge >= 0.3 is 0 Å². The first-order valence-corrected chi connectivity index (χ1v) is 7.72. The number of para-hydroxylation sites is 1. The number of nitrogens with zero attached hydrogens (tertiary/aromatic N) is 3. The van der Waals surface area contributed by atoms with Crippen LogP contribution >= 0.6 is 0 Å². The number of hydrogen-bond donors (Lipinski definition) is 0. The molecule has 0 spiro atoms. The molecule has 4 rings (SSSR count). The maximum Gasteiger partial charge on any atom is 0.233 e. The summed E-state index contributed by atoms with van der Waals surface area (Å²) in [5.74, 6) is -0.293. The highest BCUT2D eigenvalue weighted by Crippen LogP contribution is 2.27. The van der Waals surface area contributed by atoms with Crippen LogP contribution in [0.2, 0.25) is 0 Å². The molecule has 2 aromatic heterocycles. The molecule has 1 aromatic carbocycles. The first-order chi connectivity index (χ1) is 11.2. The average molecular weight is 309 g/mol. The number of pyridine rings is 1. The van der Waals surface area contributed by atoms with Crippen molar-refractivity contribution >= 4 is 17.2 Å². The van der Waals surface area contributed by atoms with E-state index in [0.29, 0.717) is 11.3 Å². The van der Waals surface area contributed by atoms with Gasteiger partial charge in [0.1, 0.15) is 11.5 Å². The molecule has 23 heavy (non-hydrogen) atoms. The van der Waals surface area contributed by atoms with E-state index in [2.05, 4.69) is 11.1 Å². The summed E-state index contributed by atoms with van der Waals surface area (Å²) in [5.41, 5.74) is 3.51. The van der Waals surface area contributed by atoms with E-state index in [-0.39, 0.29) is 18.1 Å². The predicted molar refractivity (Wildman–Crippen MR) is 86.0 cm³/mol. The van der Waals surface area contributed by atoms with Crippen LogP contribution < -0.4 is 4.90 Å². The molecule has 0 saturated heterocycles. The predicted octanol–water partition coefficient (Wildman–Crippen LogP) is 3.00. The molecule has 3 heterocycles. The van der Waals surface area contributed by atoms with Gasteiger partial charge < -0.3 is 9.30 Å². The Bertz CT molecular complexity index is 887. The lowest BCUT2D eigenvalue weighted by atomic mass is 10.0. The number of carbonyl (C=O) groups excluding carboxylic acids is 1. The molecule has 0 fully saturated rings. The highest BCUT2D eigenvalue weighted by Gasteiger charge is 2.22. The SMILES string of the molecule is O=C(Cc1cn2cc(F)ccc2n1)N1CCCc2ccccc21. The minimum Gasteiger partial charge on any atom is -0.312 e. The number of halogens is 1. The summed E-state index contributed by atoms with van der Waals surface area (Å²) in [6, 6.07) is 11.0. The highest BCUT2D eigenvalue weighted by molar-refractivity contribution is 5.95. The molecular formula is C18H16FN3O. The zero-order valence-corrected chi connectivity index (χ0v) is 12.6. The zero-order chi connectivity index (χ0) is 15.8. The molecular weight excluding hydrogens is 293 g/mol. The van der Waals surface area contributed by atoms with E-state index in [1.165, 1.54) is 17.8 Å². The molecule has 5 heteroatoms. The largest absolute Gasteiger partial charge is 0.312 e. The van der Waals surface area contributed by atoms with Crippen LogP contribution in [0.3, 0.4) is 0 Å². The highest BCUT2D eigenvalue weighted by atomic mass is 19.1. The van der Waals surface area contributed by atoms with Crippen molar-refractivity contribution in [1.82, 2.24) is 9.38 Å². The van der Waals surface area contributed by atoms with Gasteiger partial charge in [0.2, 0.25) is 5.91 Å². The van der Waals surface area contributed by atoms with Gasteiger partial charge in [0, 0.05) is 24.6 Å². The molecule has 0 atom stereocenters. The lowest BCUT2D eigenvalue weighted by Gasteiger charge is -2.29. The molecule has 0 saturated carbocycles. The second-order valence-corrected chi connectivity index (χ2v) is 5.80. The van der Waals surface area contributed by atoms with Gasteiger partial charge in [0.05, 0.1) is 12.1 Å². The van der Waals surface area contributed by atoms with Gasteiger partial charge in [0.15, 0.2) is 0 Å². The van der Waals surface area contributed by atoms with E-state index in [4.69, 9.17) is 0 Å². The Labute approximate surface area is 133 Å². The minimum absolute atomic E-state index is 0.0287. The fourth-order valence-electron chi connectivity index (χ4n) is 3.15. The third-order valence-corrected chi connectivity index (χ3v) is 4.21. The summed E-state index contributed by atoms with van der Waals surface area (Å²) in [5, 5.41) is 0. The topological polar surface area (TPSA) is 37.6 Å². The molecule has 1 aliphatic rings. The first kappa shape index (κ1) is 13.9. The van der Waals surface area contributed by atoms with Gasteiger partial charge in [0.25, 0.3) is 0 Å². The van der Waals surface area contributed by atoms with E-state index in [0.717, 1.165) is 25.1 Å². The molecule has 0 N–H and O–H groups in total. The van der Waals surface area contributed by atoms with Crippen molar-refractivity contribution in [3.8, 4) is 0 Å². The summed E-state index contributed by atoms with van der Waals surface area (Å²) in [6.07, 6.45) is 5.28. The summed E-state index contributed by atoms with van der Waals surface area (Å²) >= 11 is 0. The number of aromatic nitrogens is 2. The zero-order valence-electron chi connectivity index (χ0n) is 12.6. The van der Waals surface area contributed by atoms with E-state index >= 15 is 0 Å². The number of amides is 1. The Kier molecular flexibility index (Phi) is 3.33. The van der Waals surface area contributed by atoms with Gasteiger partial charge in [-0.15, -0.1) is 0 Å². The van der Waals surface area contributed by atoms with Gasteiger partial charge in [-0.2, -0.15) is 0 Å².